The van der Waals surface area contributed by atoms with Gasteiger partial charge in [0.1, 0.15) is 0 Å². The van der Waals surface area contributed by atoms with E-state index in [1.54, 1.807) is 27.8 Å². The van der Waals surface area contributed by atoms with Crippen LogP contribution >= 0.6 is 11.3 Å². The number of thiazole rings is 1. The third kappa shape index (κ3) is 3.07. The van der Waals surface area contributed by atoms with Crippen LogP contribution in [0.2, 0.25) is 0 Å². The van der Waals surface area contributed by atoms with E-state index in [4.69, 9.17) is 0 Å². The summed E-state index contributed by atoms with van der Waals surface area (Å²) < 4.78 is 26.9. The van der Waals surface area contributed by atoms with Gasteiger partial charge in [0.15, 0.2) is 0 Å². The highest BCUT2D eigenvalue weighted by atomic mass is 32.2. The minimum atomic E-state index is -3.34. The molecule has 0 spiro atoms. The molecule has 0 atom stereocenters. The molecule has 0 N–H and O–H groups in total. The number of piperidine rings is 1. The number of sulfonamides is 1. The topological polar surface area (TPSA) is 50.3 Å². The molecule has 2 fully saturated rings. The summed E-state index contributed by atoms with van der Waals surface area (Å²) in [6, 6.07) is 7.19. The molecule has 2 aromatic rings. The first-order valence-electron chi connectivity index (χ1n) is 8.20. The molecule has 1 aromatic heterocycles. The van der Waals surface area contributed by atoms with Crippen molar-refractivity contribution in [1.82, 2.24) is 9.29 Å². The van der Waals surface area contributed by atoms with Crippen LogP contribution in [0.3, 0.4) is 0 Å². The largest absolute Gasteiger partial charge is 0.243 e. The molecular weight excluding hydrogens is 328 g/mol. The summed E-state index contributed by atoms with van der Waals surface area (Å²) in [7, 11) is -3.34. The molecule has 23 heavy (non-hydrogen) atoms. The quantitative estimate of drug-likeness (QED) is 0.843. The fourth-order valence-corrected chi connectivity index (χ4v) is 5.51. The van der Waals surface area contributed by atoms with Gasteiger partial charge in [0.2, 0.25) is 10.0 Å². The molecule has 0 amide bonds. The zero-order valence-corrected chi connectivity index (χ0v) is 14.6. The molecule has 1 saturated heterocycles. The Morgan fingerprint density at radius 3 is 2.39 bits per heavy atom. The molecule has 0 radical (unpaired) electrons. The fraction of sp³-hybridized carbons (Fsp3) is 0.471. The van der Waals surface area contributed by atoms with E-state index in [0.29, 0.717) is 23.9 Å². The maximum absolute atomic E-state index is 12.6. The predicted molar refractivity (Wildman–Crippen MR) is 92.1 cm³/mol. The van der Waals surface area contributed by atoms with Crippen LogP contribution in [0.15, 0.2) is 34.5 Å². The number of nitrogens with zero attached hydrogens (tertiary/aromatic N) is 2. The number of rotatable bonds is 4. The van der Waals surface area contributed by atoms with Crippen molar-refractivity contribution in [2.75, 3.05) is 13.1 Å². The van der Waals surface area contributed by atoms with Gasteiger partial charge in [0.05, 0.1) is 15.6 Å². The highest BCUT2D eigenvalue weighted by Crippen LogP contribution is 2.42. The SMILES string of the molecule is O=S(=O)(c1ccc(-c2csc(C3CC3)n2)cc1)N1CCCCC1. The molecule has 1 aromatic carbocycles. The summed E-state index contributed by atoms with van der Waals surface area (Å²) in [4.78, 5) is 5.07. The zero-order valence-electron chi connectivity index (χ0n) is 12.9. The average molecular weight is 348 g/mol. The smallest absolute Gasteiger partial charge is 0.241 e. The van der Waals surface area contributed by atoms with E-state index in [-0.39, 0.29) is 0 Å². The summed E-state index contributed by atoms with van der Waals surface area (Å²) in [6.45, 7) is 1.28. The molecule has 0 unspecified atom stereocenters. The Labute approximate surface area is 141 Å². The Bertz CT molecular complexity index is 786. The maximum atomic E-state index is 12.6. The monoisotopic (exact) mass is 348 g/mol. The summed E-state index contributed by atoms with van der Waals surface area (Å²) in [6.07, 6.45) is 5.54. The van der Waals surface area contributed by atoms with Gasteiger partial charge in [0, 0.05) is 30.0 Å². The molecule has 6 heteroatoms. The summed E-state index contributed by atoms with van der Waals surface area (Å²) in [5.41, 5.74) is 1.95. The van der Waals surface area contributed by atoms with E-state index in [0.717, 1.165) is 30.5 Å². The highest BCUT2D eigenvalue weighted by molar-refractivity contribution is 7.89. The molecule has 1 aliphatic heterocycles. The second kappa shape index (κ2) is 6.00. The van der Waals surface area contributed by atoms with Crippen molar-refractivity contribution >= 4 is 21.4 Å². The molecule has 122 valence electrons. The first-order valence-corrected chi connectivity index (χ1v) is 10.5. The van der Waals surface area contributed by atoms with Crippen molar-refractivity contribution in [1.29, 1.82) is 0 Å². The Balaban J connectivity index is 1.56. The Kier molecular flexibility index (Phi) is 3.99. The van der Waals surface area contributed by atoms with Gasteiger partial charge >= 0.3 is 0 Å². The zero-order chi connectivity index (χ0) is 15.9. The Morgan fingerprint density at radius 2 is 1.74 bits per heavy atom. The normalized spacial score (nSPS) is 19.8. The van der Waals surface area contributed by atoms with Crippen LogP contribution in [0, 0.1) is 0 Å². The molecule has 2 heterocycles. The van der Waals surface area contributed by atoms with E-state index < -0.39 is 10.0 Å². The Hall–Kier alpha value is -1.24. The lowest BCUT2D eigenvalue weighted by Gasteiger charge is -2.25. The van der Waals surface area contributed by atoms with E-state index in [2.05, 4.69) is 10.4 Å². The van der Waals surface area contributed by atoms with Gasteiger partial charge < -0.3 is 0 Å². The van der Waals surface area contributed by atoms with Crippen LogP contribution in [-0.2, 0) is 10.0 Å². The van der Waals surface area contributed by atoms with Gasteiger partial charge in [-0.1, -0.05) is 18.6 Å². The summed E-state index contributed by atoms with van der Waals surface area (Å²) in [5, 5.41) is 3.28. The molecule has 1 saturated carbocycles. The lowest BCUT2D eigenvalue weighted by atomic mass is 10.2. The van der Waals surface area contributed by atoms with Gasteiger partial charge in [-0.3, -0.25) is 0 Å². The average Bonchev–Trinajstić information content (AvgIpc) is 3.33. The molecule has 2 aliphatic rings. The minimum Gasteiger partial charge on any atom is -0.241 e. The molecule has 0 bridgehead atoms. The van der Waals surface area contributed by atoms with E-state index in [1.165, 1.54) is 17.8 Å². The highest BCUT2D eigenvalue weighted by Gasteiger charge is 2.27. The second-order valence-corrected chi connectivity index (χ2v) is 9.16. The lowest BCUT2D eigenvalue weighted by molar-refractivity contribution is 0.346. The Morgan fingerprint density at radius 1 is 1.04 bits per heavy atom. The fourth-order valence-electron chi connectivity index (χ4n) is 2.99. The summed E-state index contributed by atoms with van der Waals surface area (Å²) in [5.74, 6) is 0.660. The first kappa shape index (κ1) is 15.3. The molecule has 1 aliphatic carbocycles. The number of benzene rings is 1. The molecular formula is C17H20N2O2S2. The van der Waals surface area contributed by atoms with Crippen molar-refractivity contribution in [2.24, 2.45) is 0 Å². The van der Waals surface area contributed by atoms with E-state index >= 15 is 0 Å². The third-order valence-corrected chi connectivity index (χ3v) is 7.47. The predicted octanol–water partition coefficient (Wildman–Crippen LogP) is 3.86. The van der Waals surface area contributed by atoms with Gasteiger partial charge in [0.25, 0.3) is 0 Å². The lowest BCUT2D eigenvalue weighted by Crippen LogP contribution is -2.35. The van der Waals surface area contributed by atoms with Crippen molar-refractivity contribution in [2.45, 2.75) is 42.9 Å². The first-order chi connectivity index (χ1) is 11.1. The maximum Gasteiger partial charge on any atom is 0.243 e. The van der Waals surface area contributed by atoms with Gasteiger partial charge in [-0.05, 0) is 37.8 Å². The van der Waals surface area contributed by atoms with Gasteiger partial charge in [-0.25, -0.2) is 13.4 Å². The van der Waals surface area contributed by atoms with Crippen LogP contribution in [0.4, 0.5) is 0 Å². The van der Waals surface area contributed by atoms with Crippen molar-refractivity contribution < 1.29 is 8.42 Å². The van der Waals surface area contributed by atoms with Crippen molar-refractivity contribution in [3.63, 3.8) is 0 Å². The molecule has 4 rings (SSSR count). The number of hydrogen-bond donors (Lipinski definition) is 0. The van der Waals surface area contributed by atoms with Gasteiger partial charge in [-0.15, -0.1) is 11.3 Å². The van der Waals surface area contributed by atoms with Crippen molar-refractivity contribution in [3.8, 4) is 11.3 Å². The van der Waals surface area contributed by atoms with Crippen LogP contribution in [-0.4, -0.2) is 30.8 Å². The van der Waals surface area contributed by atoms with E-state index in [9.17, 15) is 8.42 Å². The minimum absolute atomic E-state index is 0.390. The van der Waals surface area contributed by atoms with Crippen LogP contribution in [0.5, 0.6) is 0 Å². The third-order valence-electron chi connectivity index (χ3n) is 4.55. The van der Waals surface area contributed by atoms with E-state index in [1.807, 2.05) is 12.1 Å². The number of hydrogen-bond acceptors (Lipinski definition) is 4. The van der Waals surface area contributed by atoms with Crippen LogP contribution in [0.25, 0.3) is 11.3 Å². The molecule has 4 nitrogen and oxygen atoms in total. The van der Waals surface area contributed by atoms with Crippen LogP contribution in [0.1, 0.15) is 43.0 Å². The standard InChI is InChI=1S/C17H20N2O2S2/c20-23(21,19-10-2-1-3-11-19)15-8-6-13(7-9-15)16-12-22-17(18-16)14-4-5-14/h6-9,12,14H,1-5,10-11H2. The summed E-state index contributed by atoms with van der Waals surface area (Å²) >= 11 is 1.71. The van der Waals surface area contributed by atoms with Gasteiger partial charge in [-0.2, -0.15) is 4.31 Å². The second-order valence-electron chi connectivity index (χ2n) is 6.33. The van der Waals surface area contributed by atoms with Crippen molar-refractivity contribution in [3.05, 3.63) is 34.7 Å². The number of aromatic nitrogens is 1. The van der Waals surface area contributed by atoms with Crippen LogP contribution < -0.4 is 0 Å².